The van der Waals surface area contributed by atoms with Gasteiger partial charge in [0.15, 0.2) is 4.80 Å². The van der Waals surface area contributed by atoms with Crippen molar-refractivity contribution in [3.8, 4) is 22.8 Å². The van der Waals surface area contributed by atoms with E-state index in [0.29, 0.717) is 43.6 Å². The molecule has 1 aliphatic heterocycles. The monoisotopic (exact) mass is 608 g/mol. The van der Waals surface area contributed by atoms with Gasteiger partial charge in [-0.2, -0.15) is 0 Å². The van der Waals surface area contributed by atoms with Crippen molar-refractivity contribution in [2.24, 2.45) is 4.99 Å². The fourth-order valence-corrected chi connectivity index (χ4v) is 5.73. The summed E-state index contributed by atoms with van der Waals surface area (Å²) in [5.41, 5.74) is 1.94. The van der Waals surface area contributed by atoms with E-state index in [1.165, 1.54) is 15.9 Å². The number of nitrogens with zero attached hydrogens (tertiary/aromatic N) is 2. The maximum Gasteiger partial charge on any atom is 0.338 e. The Bertz CT molecular complexity index is 1760. The van der Waals surface area contributed by atoms with Crippen molar-refractivity contribution in [3.05, 3.63) is 101 Å². The molecule has 0 fully saturated rings. The van der Waals surface area contributed by atoms with Crippen molar-refractivity contribution in [1.29, 1.82) is 0 Å². The van der Waals surface area contributed by atoms with Crippen molar-refractivity contribution in [2.75, 3.05) is 20.8 Å². The lowest BCUT2D eigenvalue weighted by Crippen LogP contribution is -2.39. The van der Waals surface area contributed by atoms with Crippen molar-refractivity contribution >= 4 is 39.3 Å². The number of halogens is 1. The second-order valence-corrected chi connectivity index (χ2v) is 10.5. The van der Waals surface area contributed by atoms with E-state index < -0.39 is 12.0 Å². The molecule has 0 aliphatic carbocycles. The molecule has 1 atom stereocenters. The molecule has 39 heavy (non-hydrogen) atoms. The first-order valence-corrected chi connectivity index (χ1v) is 13.7. The van der Waals surface area contributed by atoms with Crippen LogP contribution in [-0.4, -0.2) is 31.4 Å². The van der Waals surface area contributed by atoms with Gasteiger partial charge >= 0.3 is 5.97 Å². The van der Waals surface area contributed by atoms with Crippen molar-refractivity contribution in [3.63, 3.8) is 0 Å². The van der Waals surface area contributed by atoms with Gasteiger partial charge in [0.1, 0.15) is 29.1 Å². The second kappa shape index (κ2) is 11.1. The Labute approximate surface area is 236 Å². The van der Waals surface area contributed by atoms with Crippen LogP contribution in [0.1, 0.15) is 31.2 Å². The molecule has 5 rings (SSSR count). The number of benzene rings is 2. The summed E-state index contributed by atoms with van der Waals surface area (Å²) in [6.45, 7) is 3.66. The molecular formula is C29H25BrN2O6S. The van der Waals surface area contributed by atoms with Gasteiger partial charge in [-0.1, -0.05) is 39.4 Å². The van der Waals surface area contributed by atoms with Crippen LogP contribution in [0.2, 0.25) is 0 Å². The Hall–Kier alpha value is -3.89. The molecule has 1 aliphatic rings. The van der Waals surface area contributed by atoms with Crippen LogP contribution < -0.4 is 24.4 Å². The SMILES string of the molecule is CCOC(=O)C1=C(C)N=c2s/c(=C\c3cc(OC)ccc3OC)c(=O)n2[C@H]1c1ccc(-c2ccc(Br)cc2)o1. The van der Waals surface area contributed by atoms with Crippen LogP contribution >= 0.6 is 27.3 Å². The van der Waals surface area contributed by atoms with Gasteiger partial charge in [0.2, 0.25) is 0 Å². The third-order valence-corrected chi connectivity index (χ3v) is 7.78. The third-order valence-electron chi connectivity index (χ3n) is 6.27. The maximum absolute atomic E-state index is 13.9. The molecule has 3 heterocycles. The number of ether oxygens (including phenoxy) is 3. The zero-order valence-corrected chi connectivity index (χ0v) is 24.1. The summed E-state index contributed by atoms with van der Waals surface area (Å²) < 4.78 is 25.3. The number of aromatic nitrogens is 1. The third kappa shape index (κ3) is 5.09. The lowest BCUT2D eigenvalue weighted by Gasteiger charge is -2.22. The van der Waals surface area contributed by atoms with Gasteiger partial charge in [-0.15, -0.1) is 0 Å². The van der Waals surface area contributed by atoms with E-state index in [1.54, 1.807) is 58.4 Å². The second-order valence-electron chi connectivity index (χ2n) is 8.62. The standard InChI is InChI=1S/C29H25BrN2O6S/c1-5-37-28(34)25-16(2)31-29-32(26(25)23-13-12-22(38-23)17-6-8-19(30)9-7-17)27(33)24(39-29)15-18-14-20(35-3)10-11-21(18)36-4/h6-15,26H,5H2,1-4H3/b24-15-/t26-/m0/s1. The summed E-state index contributed by atoms with van der Waals surface area (Å²) >= 11 is 4.67. The average molecular weight is 609 g/mol. The number of carbonyl (C=O) groups excluding carboxylic acids is 1. The Balaban J connectivity index is 1.70. The van der Waals surface area contributed by atoms with E-state index in [9.17, 15) is 9.59 Å². The Kier molecular flexibility index (Phi) is 7.58. The molecule has 2 aromatic heterocycles. The van der Waals surface area contributed by atoms with E-state index in [-0.39, 0.29) is 17.7 Å². The predicted molar refractivity (Wildman–Crippen MR) is 152 cm³/mol. The normalized spacial score (nSPS) is 15.1. The first-order valence-electron chi connectivity index (χ1n) is 12.1. The summed E-state index contributed by atoms with van der Waals surface area (Å²) in [7, 11) is 3.14. The fourth-order valence-electron chi connectivity index (χ4n) is 4.42. The van der Waals surface area contributed by atoms with Crippen molar-refractivity contribution in [1.82, 2.24) is 4.57 Å². The summed E-state index contributed by atoms with van der Waals surface area (Å²) in [6.07, 6.45) is 1.74. The Morgan fingerprint density at radius 1 is 1.13 bits per heavy atom. The number of fused-ring (bicyclic) bond motifs is 1. The number of carbonyl (C=O) groups is 1. The van der Waals surface area contributed by atoms with Gasteiger partial charge in [-0.3, -0.25) is 9.36 Å². The number of thiazole rings is 1. The van der Waals surface area contributed by atoms with Crippen LogP contribution in [0.3, 0.4) is 0 Å². The fraction of sp³-hybridized carbons (Fsp3) is 0.207. The van der Waals surface area contributed by atoms with E-state index in [2.05, 4.69) is 20.9 Å². The van der Waals surface area contributed by atoms with Crippen LogP contribution in [-0.2, 0) is 9.53 Å². The van der Waals surface area contributed by atoms with Crippen LogP contribution in [0.4, 0.5) is 0 Å². The molecule has 0 spiro atoms. The minimum atomic E-state index is -0.848. The Morgan fingerprint density at radius 3 is 2.59 bits per heavy atom. The highest BCUT2D eigenvalue weighted by Crippen LogP contribution is 2.34. The molecule has 0 saturated carbocycles. The molecular weight excluding hydrogens is 584 g/mol. The first kappa shape index (κ1) is 26.7. The number of furan rings is 1. The minimum Gasteiger partial charge on any atom is -0.497 e. The minimum absolute atomic E-state index is 0.185. The molecule has 0 N–H and O–H groups in total. The quantitative estimate of drug-likeness (QED) is 0.279. The van der Waals surface area contributed by atoms with Gasteiger partial charge in [-0.25, -0.2) is 9.79 Å². The lowest BCUT2D eigenvalue weighted by atomic mass is 10.0. The largest absolute Gasteiger partial charge is 0.497 e. The summed E-state index contributed by atoms with van der Waals surface area (Å²) in [5.74, 6) is 1.71. The van der Waals surface area contributed by atoms with Crippen LogP contribution in [0.15, 0.2) is 84.5 Å². The predicted octanol–water partition coefficient (Wildman–Crippen LogP) is 4.84. The number of rotatable bonds is 7. The van der Waals surface area contributed by atoms with Crippen LogP contribution in [0, 0.1) is 0 Å². The van der Waals surface area contributed by atoms with E-state index in [0.717, 1.165) is 10.0 Å². The highest BCUT2D eigenvalue weighted by Gasteiger charge is 2.35. The molecule has 4 aromatic rings. The number of hydrogen-bond donors (Lipinski definition) is 0. The number of methoxy groups -OCH3 is 2. The number of allylic oxidation sites excluding steroid dienone is 1. The first-order chi connectivity index (χ1) is 18.8. The topological polar surface area (TPSA) is 92.3 Å². The van der Waals surface area contributed by atoms with E-state index in [4.69, 9.17) is 18.6 Å². The highest BCUT2D eigenvalue weighted by molar-refractivity contribution is 9.10. The molecule has 0 amide bonds. The Morgan fingerprint density at radius 2 is 1.90 bits per heavy atom. The maximum atomic E-state index is 13.9. The zero-order chi connectivity index (χ0) is 27.7. The smallest absolute Gasteiger partial charge is 0.338 e. The molecule has 8 nitrogen and oxygen atoms in total. The zero-order valence-electron chi connectivity index (χ0n) is 21.7. The molecule has 10 heteroatoms. The van der Waals surface area contributed by atoms with Gasteiger partial charge in [0.05, 0.1) is 36.6 Å². The molecule has 0 unspecified atom stereocenters. The van der Waals surface area contributed by atoms with E-state index >= 15 is 0 Å². The average Bonchev–Trinajstić information content (AvgIpc) is 3.53. The molecule has 0 bridgehead atoms. The van der Waals surface area contributed by atoms with Gasteiger partial charge < -0.3 is 18.6 Å². The molecule has 0 radical (unpaired) electrons. The van der Waals surface area contributed by atoms with Crippen LogP contribution in [0.5, 0.6) is 11.5 Å². The van der Waals surface area contributed by atoms with Gasteiger partial charge in [-0.05, 0) is 62.4 Å². The van der Waals surface area contributed by atoms with E-state index in [1.807, 2.05) is 30.3 Å². The van der Waals surface area contributed by atoms with Gasteiger partial charge in [0.25, 0.3) is 5.56 Å². The summed E-state index contributed by atoms with van der Waals surface area (Å²) in [5, 5.41) is 0. The molecule has 0 saturated heterocycles. The summed E-state index contributed by atoms with van der Waals surface area (Å²) in [6, 6.07) is 15.8. The number of hydrogen-bond acceptors (Lipinski definition) is 8. The number of esters is 1. The lowest BCUT2D eigenvalue weighted by molar-refractivity contribution is -0.139. The van der Waals surface area contributed by atoms with Crippen molar-refractivity contribution in [2.45, 2.75) is 19.9 Å². The van der Waals surface area contributed by atoms with Crippen LogP contribution in [0.25, 0.3) is 17.4 Å². The summed E-state index contributed by atoms with van der Waals surface area (Å²) in [4.78, 5) is 32.1. The highest BCUT2D eigenvalue weighted by atomic mass is 79.9. The molecule has 200 valence electrons. The van der Waals surface area contributed by atoms with Gasteiger partial charge in [0, 0.05) is 15.6 Å². The molecule has 2 aromatic carbocycles. The van der Waals surface area contributed by atoms with Crippen molar-refractivity contribution < 1.29 is 23.4 Å².